The van der Waals surface area contributed by atoms with Crippen LogP contribution in [0.25, 0.3) is 0 Å². The van der Waals surface area contributed by atoms with Crippen LogP contribution in [-0.4, -0.2) is 37.9 Å². The first-order valence-electron chi connectivity index (χ1n) is 10.2. The Morgan fingerprint density at radius 3 is 2.58 bits per heavy atom. The lowest BCUT2D eigenvalue weighted by atomic mass is 9.86. The van der Waals surface area contributed by atoms with Crippen molar-refractivity contribution >= 4 is 17.2 Å². The first-order chi connectivity index (χ1) is 15.8. The lowest BCUT2D eigenvalue weighted by Crippen LogP contribution is -2.41. The van der Waals surface area contributed by atoms with E-state index in [-0.39, 0.29) is 18.1 Å². The fourth-order valence-corrected chi connectivity index (χ4v) is 4.84. The third-order valence-corrected chi connectivity index (χ3v) is 6.37. The van der Waals surface area contributed by atoms with Crippen LogP contribution in [0.2, 0.25) is 0 Å². The Morgan fingerprint density at radius 1 is 1.09 bits per heavy atom. The standard InChI is InChI=1S/C24H22F3NO4S/c1-30-18-11-15-8-9-28(21(29)14-19-7-4-10-33-19)23(22(15)20(13-18)31-2)16-5-3-6-17(12-16)32-24(25,26)27/h3-7,10-13,23H,8-9,14H2,1-2H3. The molecule has 1 atom stereocenters. The van der Waals surface area contributed by atoms with Gasteiger partial charge in [-0.05, 0) is 47.2 Å². The molecule has 0 spiro atoms. The Bertz CT molecular complexity index is 1110. The van der Waals surface area contributed by atoms with Gasteiger partial charge in [-0.2, -0.15) is 0 Å². The molecule has 0 bridgehead atoms. The van der Waals surface area contributed by atoms with Crippen LogP contribution < -0.4 is 14.2 Å². The lowest BCUT2D eigenvalue weighted by molar-refractivity contribution is -0.274. The number of thiophene rings is 1. The first kappa shape index (κ1) is 23.0. The molecule has 5 nitrogen and oxygen atoms in total. The number of benzene rings is 2. The molecule has 0 N–H and O–H groups in total. The molecule has 1 unspecified atom stereocenters. The van der Waals surface area contributed by atoms with Crippen LogP contribution in [0.1, 0.15) is 27.6 Å². The third-order valence-electron chi connectivity index (χ3n) is 5.50. The number of ether oxygens (including phenoxy) is 3. The molecule has 0 saturated carbocycles. The van der Waals surface area contributed by atoms with Crippen LogP contribution in [0.4, 0.5) is 13.2 Å². The van der Waals surface area contributed by atoms with E-state index in [1.807, 2.05) is 23.6 Å². The van der Waals surface area contributed by atoms with E-state index >= 15 is 0 Å². The van der Waals surface area contributed by atoms with Gasteiger partial charge in [0.1, 0.15) is 17.2 Å². The summed E-state index contributed by atoms with van der Waals surface area (Å²) in [6, 6.07) is 12.5. The highest BCUT2D eigenvalue weighted by atomic mass is 32.1. The molecule has 0 radical (unpaired) electrons. The Hall–Kier alpha value is -3.20. The van der Waals surface area contributed by atoms with Crippen molar-refractivity contribution in [3.05, 3.63) is 75.5 Å². The average Bonchev–Trinajstić information content (AvgIpc) is 3.29. The van der Waals surface area contributed by atoms with Gasteiger partial charge < -0.3 is 19.1 Å². The second-order valence-electron chi connectivity index (χ2n) is 7.52. The summed E-state index contributed by atoms with van der Waals surface area (Å²) in [7, 11) is 3.07. The van der Waals surface area contributed by atoms with Crippen molar-refractivity contribution < 1.29 is 32.2 Å². The van der Waals surface area contributed by atoms with Crippen LogP contribution in [0, 0.1) is 0 Å². The minimum absolute atomic E-state index is 0.117. The molecule has 2 aromatic carbocycles. The van der Waals surface area contributed by atoms with Gasteiger partial charge in [0.25, 0.3) is 0 Å². The fraction of sp³-hybridized carbons (Fsp3) is 0.292. The molecule has 2 heterocycles. The molecule has 1 aliphatic heterocycles. The normalized spacial score (nSPS) is 15.7. The van der Waals surface area contributed by atoms with Crippen LogP contribution in [0.15, 0.2) is 53.9 Å². The summed E-state index contributed by atoms with van der Waals surface area (Å²) in [6.45, 7) is 0.405. The summed E-state index contributed by atoms with van der Waals surface area (Å²) in [5.41, 5.74) is 2.15. The van der Waals surface area contributed by atoms with E-state index in [0.29, 0.717) is 30.0 Å². The molecule has 1 aliphatic rings. The topological polar surface area (TPSA) is 48.0 Å². The zero-order chi connectivity index (χ0) is 23.6. The Balaban J connectivity index is 1.81. The monoisotopic (exact) mass is 477 g/mol. The molecular formula is C24H22F3NO4S. The molecule has 0 aliphatic carbocycles. The zero-order valence-corrected chi connectivity index (χ0v) is 18.8. The van der Waals surface area contributed by atoms with E-state index < -0.39 is 12.4 Å². The van der Waals surface area contributed by atoms with Crippen LogP contribution in [-0.2, 0) is 17.6 Å². The number of hydrogen-bond acceptors (Lipinski definition) is 5. The smallest absolute Gasteiger partial charge is 0.497 e. The molecule has 4 rings (SSSR count). The summed E-state index contributed by atoms with van der Waals surface area (Å²) < 4.78 is 53.7. The summed E-state index contributed by atoms with van der Waals surface area (Å²) in [5, 5.41) is 1.90. The number of alkyl halides is 3. The molecule has 1 amide bonds. The van der Waals surface area contributed by atoms with Crippen molar-refractivity contribution in [2.24, 2.45) is 0 Å². The predicted octanol–water partition coefficient (Wildman–Crippen LogP) is 5.38. The number of amides is 1. The van der Waals surface area contributed by atoms with Crippen LogP contribution in [0.3, 0.4) is 0 Å². The number of nitrogens with zero attached hydrogens (tertiary/aromatic N) is 1. The first-order valence-corrected chi connectivity index (χ1v) is 11.1. The third kappa shape index (κ3) is 5.08. The SMILES string of the molecule is COc1cc2c(c(OC)c1)C(c1cccc(OC(F)(F)F)c1)N(C(=O)Cc1cccs1)CC2. The Labute approximate surface area is 193 Å². The molecule has 0 saturated heterocycles. The van der Waals surface area contributed by atoms with Crippen LogP contribution in [0.5, 0.6) is 17.2 Å². The van der Waals surface area contributed by atoms with E-state index in [1.165, 1.54) is 36.6 Å². The molecule has 1 aromatic heterocycles. The number of rotatable bonds is 6. The second kappa shape index (κ2) is 9.35. The number of fused-ring (bicyclic) bond motifs is 1. The highest BCUT2D eigenvalue weighted by Crippen LogP contribution is 2.44. The fourth-order valence-electron chi connectivity index (χ4n) is 4.15. The largest absolute Gasteiger partial charge is 0.573 e. The van der Waals surface area contributed by atoms with Crippen molar-refractivity contribution in [3.63, 3.8) is 0 Å². The summed E-state index contributed by atoms with van der Waals surface area (Å²) in [6.07, 6.45) is -4.04. The summed E-state index contributed by atoms with van der Waals surface area (Å²) in [5.74, 6) is 0.653. The predicted molar refractivity (Wildman–Crippen MR) is 118 cm³/mol. The van der Waals surface area contributed by atoms with Gasteiger partial charge in [0.2, 0.25) is 5.91 Å². The summed E-state index contributed by atoms with van der Waals surface area (Å²) >= 11 is 1.49. The quantitative estimate of drug-likeness (QED) is 0.478. The molecule has 9 heteroatoms. The molecule has 3 aromatic rings. The number of methoxy groups -OCH3 is 2. The zero-order valence-electron chi connectivity index (χ0n) is 18.0. The van der Waals surface area contributed by atoms with Gasteiger partial charge in [-0.25, -0.2) is 0 Å². The maximum atomic E-state index is 13.4. The Kier molecular flexibility index (Phi) is 6.51. The number of halogens is 3. The van der Waals surface area contributed by atoms with E-state index in [2.05, 4.69) is 4.74 Å². The van der Waals surface area contributed by atoms with E-state index in [9.17, 15) is 18.0 Å². The van der Waals surface area contributed by atoms with E-state index in [0.717, 1.165) is 16.0 Å². The van der Waals surface area contributed by atoms with Crippen molar-refractivity contribution in [3.8, 4) is 17.2 Å². The second-order valence-corrected chi connectivity index (χ2v) is 8.55. The van der Waals surface area contributed by atoms with E-state index in [4.69, 9.17) is 9.47 Å². The minimum Gasteiger partial charge on any atom is -0.497 e. The van der Waals surface area contributed by atoms with Crippen molar-refractivity contribution in [2.45, 2.75) is 25.2 Å². The molecular weight excluding hydrogens is 455 g/mol. The Morgan fingerprint density at radius 2 is 1.91 bits per heavy atom. The van der Waals surface area contributed by atoms with Gasteiger partial charge in [0.05, 0.1) is 26.7 Å². The van der Waals surface area contributed by atoms with Crippen LogP contribution >= 0.6 is 11.3 Å². The van der Waals surface area contributed by atoms with Gasteiger partial charge in [-0.15, -0.1) is 24.5 Å². The minimum atomic E-state index is -4.82. The summed E-state index contributed by atoms with van der Waals surface area (Å²) in [4.78, 5) is 16.0. The van der Waals surface area contributed by atoms with Gasteiger partial charge in [-0.3, -0.25) is 4.79 Å². The lowest BCUT2D eigenvalue weighted by Gasteiger charge is -2.39. The van der Waals surface area contributed by atoms with E-state index in [1.54, 1.807) is 24.1 Å². The average molecular weight is 478 g/mol. The van der Waals surface area contributed by atoms with Crippen molar-refractivity contribution in [1.29, 1.82) is 0 Å². The van der Waals surface area contributed by atoms with Gasteiger partial charge >= 0.3 is 6.36 Å². The highest BCUT2D eigenvalue weighted by molar-refractivity contribution is 7.10. The number of hydrogen-bond donors (Lipinski definition) is 0. The number of carbonyl (C=O) groups is 1. The molecule has 33 heavy (non-hydrogen) atoms. The number of carbonyl (C=O) groups excluding carboxylic acids is 1. The van der Waals surface area contributed by atoms with Crippen molar-refractivity contribution in [1.82, 2.24) is 4.90 Å². The molecule has 0 fully saturated rings. The maximum absolute atomic E-state index is 13.4. The maximum Gasteiger partial charge on any atom is 0.573 e. The van der Waals surface area contributed by atoms with Gasteiger partial charge in [0.15, 0.2) is 0 Å². The van der Waals surface area contributed by atoms with Crippen molar-refractivity contribution in [2.75, 3.05) is 20.8 Å². The van der Waals surface area contributed by atoms with Gasteiger partial charge in [0, 0.05) is 23.1 Å². The highest BCUT2D eigenvalue weighted by Gasteiger charge is 2.36. The van der Waals surface area contributed by atoms with Gasteiger partial charge in [-0.1, -0.05) is 18.2 Å². The molecule has 174 valence electrons.